The maximum atomic E-state index is 12.1. The predicted octanol–water partition coefficient (Wildman–Crippen LogP) is 2.99. The number of methoxy groups -OCH3 is 1. The molecule has 0 bridgehead atoms. The molecule has 1 aliphatic carbocycles. The van der Waals surface area contributed by atoms with E-state index in [1.54, 1.807) is 31.4 Å². The standard InChI is InChI=1S/C21H28N2O4S/c1-22(2)28(24,25)21-12-10-20(11-13-21)27-15-14-23(18-6-7-18)16-17-4-8-19(26-3)9-5-17/h4-5,8-13,18H,6-7,14-16H2,1-3H3. The van der Waals surface area contributed by atoms with Crippen molar-refractivity contribution < 1.29 is 17.9 Å². The summed E-state index contributed by atoms with van der Waals surface area (Å²) in [6.07, 6.45) is 2.46. The largest absolute Gasteiger partial charge is 0.497 e. The second-order valence-electron chi connectivity index (χ2n) is 7.16. The number of nitrogens with zero attached hydrogens (tertiary/aromatic N) is 2. The second kappa shape index (κ2) is 8.94. The smallest absolute Gasteiger partial charge is 0.242 e. The molecule has 152 valence electrons. The zero-order valence-electron chi connectivity index (χ0n) is 16.7. The summed E-state index contributed by atoms with van der Waals surface area (Å²) in [4.78, 5) is 2.70. The van der Waals surface area contributed by atoms with Crippen molar-refractivity contribution in [3.8, 4) is 11.5 Å². The van der Waals surface area contributed by atoms with Gasteiger partial charge in [-0.05, 0) is 54.8 Å². The summed E-state index contributed by atoms with van der Waals surface area (Å²) < 4.78 is 36.5. The summed E-state index contributed by atoms with van der Waals surface area (Å²) in [7, 11) is 1.31. The van der Waals surface area contributed by atoms with Crippen LogP contribution >= 0.6 is 0 Å². The van der Waals surface area contributed by atoms with Gasteiger partial charge in [0, 0.05) is 33.2 Å². The summed E-state index contributed by atoms with van der Waals surface area (Å²) in [6, 6.07) is 15.4. The highest BCUT2D eigenvalue weighted by Gasteiger charge is 2.28. The van der Waals surface area contributed by atoms with E-state index in [1.807, 2.05) is 12.1 Å². The fourth-order valence-electron chi connectivity index (χ4n) is 3.00. The van der Waals surface area contributed by atoms with Crippen molar-refractivity contribution in [3.63, 3.8) is 0 Å². The fraction of sp³-hybridized carbons (Fsp3) is 0.429. The van der Waals surface area contributed by atoms with Gasteiger partial charge >= 0.3 is 0 Å². The molecule has 1 aliphatic rings. The minimum atomic E-state index is -3.41. The van der Waals surface area contributed by atoms with Crippen molar-refractivity contribution in [2.75, 3.05) is 34.4 Å². The van der Waals surface area contributed by atoms with E-state index in [0.29, 0.717) is 18.4 Å². The van der Waals surface area contributed by atoms with Gasteiger partial charge in [-0.1, -0.05) is 12.1 Å². The molecule has 0 spiro atoms. The van der Waals surface area contributed by atoms with Crippen molar-refractivity contribution in [3.05, 3.63) is 54.1 Å². The van der Waals surface area contributed by atoms with Crippen LogP contribution in [0.25, 0.3) is 0 Å². The first-order chi connectivity index (χ1) is 13.4. The highest BCUT2D eigenvalue weighted by atomic mass is 32.2. The molecule has 2 aromatic carbocycles. The third-order valence-electron chi connectivity index (χ3n) is 4.86. The minimum absolute atomic E-state index is 0.268. The Morgan fingerprint density at radius 2 is 1.57 bits per heavy atom. The first kappa shape index (κ1) is 20.6. The monoisotopic (exact) mass is 404 g/mol. The van der Waals surface area contributed by atoms with Crippen LogP contribution in [0, 0.1) is 0 Å². The number of rotatable bonds is 10. The van der Waals surface area contributed by atoms with Crippen molar-refractivity contribution >= 4 is 10.0 Å². The maximum absolute atomic E-state index is 12.1. The number of ether oxygens (including phenoxy) is 2. The Bertz CT molecular complexity index is 860. The Hall–Kier alpha value is -2.09. The van der Waals surface area contributed by atoms with Crippen molar-refractivity contribution in [2.45, 2.75) is 30.3 Å². The van der Waals surface area contributed by atoms with E-state index in [-0.39, 0.29) is 4.90 Å². The lowest BCUT2D eigenvalue weighted by Crippen LogP contribution is -2.30. The van der Waals surface area contributed by atoms with Gasteiger partial charge < -0.3 is 9.47 Å². The van der Waals surface area contributed by atoms with Crippen LogP contribution in [0.4, 0.5) is 0 Å². The van der Waals surface area contributed by atoms with E-state index >= 15 is 0 Å². The van der Waals surface area contributed by atoms with Gasteiger partial charge in [-0.2, -0.15) is 0 Å². The molecule has 0 aliphatic heterocycles. The zero-order valence-corrected chi connectivity index (χ0v) is 17.5. The van der Waals surface area contributed by atoms with Crippen LogP contribution in [0.1, 0.15) is 18.4 Å². The number of benzene rings is 2. The van der Waals surface area contributed by atoms with Gasteiger partial charge in [-0.15, -0.1) is 0 Å². The van der Waals surface area contributed by atoms with Crippen LogP contribution in [0.2, 0.25) is 0 Å². The molecule has 0 aromatic heterocycles. The van der Waals surface area contributed by atoms with Gasteiger partial charge in [0.2, 0.25) is 10.0 Å². The summed E-state index contributed by atoms with van der Waals surface area (Å²) in [6.45, 7) is 2.28. The number of hydrogen-bond donors (Lipinski definition) is 0. The lowest BCUT2D eigenvalue weighted by molar-refractivity contribution is 0.195. The Balaban J connectivity index is 1.53. The summed E-state index contributed by atoms with van der Waals surface area (Å²) in [5.74, 6) is 1.54. The van der Waals surface area contributed by atoms with Gasteiger partial charge in [0.1, 0.15) is 18.1 Å². The van der Waals surface area contributed by atoms with Gasteiger partial charge in [-0.3, -0.25) is 4.90 Å². The average molecular weight is 405 g/mol. The van der Waals surface area contributed by atoms with Gasteiger partial charge in [0.15, 0.2) is 0 Å². The van der Waals surface area contributed by atoms with Crippen LogP contribution < -0.4 is 9.47 Å². The van der Waals surface area contributed by atoms with Crippen LogP contribution in [-0.4, -0.2) is 58.0 Å². The van der Waals surface area contributed by atoms with Crippen molar-refractivity contribution in [1.82, 2.24) is 9.21 Å². The minimum Gasteiger partial charge on any atom is -0.497 e. The first-order valence-corrected chi connectivity index (χ1v) is 10.9. The lowest BCUT2D eigenvalue weighted by Gasteiger charge is -2.22. The normalized spacial score (nSPS) is 14.5. The fourth-order valence-corrected chi connectivity index (χ4v) is 3.90. The molecular weight excluding hydrogens is 376 g/mol. The van der Waals surface area contributed by atoms with Crippen molar-refractivity contribution in [2.24, 2.45) is 0 Å². The van der Waals surface area contributed by atoms with E-state index in [4.69, 9.17) is 9.47 Å². The summed E-state index contributed by atoms with van der Waals surface area (Å²) >= 11 is 0. The SMILES string of the molecule is COc1ccc(CN(CCOc2ccc(S(=O)(=O)N(C)C)cc2)C2CC2)cc1. The molecule has 7 heteroatoms. The molecule has 1 saturated carbocycles. The van der Waals surface area contributed by atoms with E-state index in [0.717, 1.165) is 18.8 Å². The molecule has 0 atom stereocenters. The Morgan fingerprint density at radius 1 is 0.964 bits per heavy atom. The number of hydrogen-bond acceptors (Lipinski definition) is 5. The molecule has 0 heterocycles. The Kier molecular flexibility index (Phi) is 6.59. The summed E-state index contributed by atoms with van der Waals surface area (Å²) in [5, 5.41) is 0. The predicted molar refractivity (Wildman–Crippen MR) is 109 cm³/mol. The molecule has 0 saturated heterocycles. The molecule has 6 nitrogen and oxygen atoms in total. The van der Waals surface area contributed by atoms with E-state index in [9.17, 15) is 8.42 Å². The Labute approximate surface area is 167 Å². The van der Waals surface area contributed by atoms with Crippen molar-refractivity contribution in [1.29, 1.82) is 0 Å². The van der Waals surface area contributed by atoms with E-state index < -0.39 is 10.0 Å². The Morgan fingerprint density at radius 3 is 2.11 bits per heavy atom. The van der Waals surface area contributed by atoms with Crippen LogP contribution in [0.3, 0.4) is 0 Å². The molecular formula is C21H28N2O4S. The summed E-state index contributed by atoms with van der Waals surface area (Å²) in [5.41, 5.74) is 1.26. The zero-order chi connectivity index (χ0) is 20.1. The van der Waals surface area contributed by atoms with Crippen LogP contribution in [0.15, 0.2) is 53.4 Å². The maximum Gasteiger partial charge on any atom is 0.242 e. The topological polar surface area (TPSA) is 59.1 Å². The lowest BCUT2D eigenvalue weighted by atomic mass is 10.2. The molecule has 2 aromatic rings. The highest BCUT2D eigenvalue weighted by molar-refractivity contribution is 7.89. The molecule has 3 rings (SSSR count). The third-order valence-corrected chi connectivity index (χ3v) is 6.69. The quantitative estimate of drug-likeness (QED) is 0.609. The molecule has 0 radical (unpaired) electrons. The van der Waals surface area contributed by atoms with Gasteiger partial charge in [-0.25, -0.2) is 12.7 Å². The first-order valence-electron chi connectivity index (χ1n) is 9.42. The highest BCUT2D eigenvalue weighted by Crippen LogP contribution is 2.28. The third kappa shape index (κ3) is 5.25. The number of sulfonamides is 1. The second-order valence-corrected chi connectivity index (χ2v) is 9.31. The molecule has 0 N–H and O–H groups in total. The molecule has 28 heavy (non-hydrogen) atoms. The molecule has 0 amide bonds. The van der Waals surface area contributed by atoms with E-state index in [2.05, 4.69) is 17.0 Å². The van der Waals surface area contributed by atoms with Crippen LogP contribution in [-0.2, 0) is 16.6 Å². The van der Waals surface area contributed by atoms with Gasteiger partial charge in [0.25, 0.3) is 0 Å². The molecule has 1 fully saturated rings. The van der Waals surface area contributed by atoms with Crippen LogP contribution in [0.5, 0.6) is 11.5 Å². The average Bonchev–Trinajstić information content (AvgIpc) is 3.53. The molecule has 0 unspecified atom stereocenters. The van der Waals surface area contributed by atoms with Gasteiger partial charge in [0.05, 0.1) is 12.0 Å². The van der Waals surface area contributed by atoms with E-state index in [1.165, 1.54) is 36.8 Å².